The Morgan fingerprint density at radius 1 is 1.38 bits per heavy atom. The van der Waals surface area contributed by atoms with Gasteiger partial charge in [0.05, 0.1) is 5.69 Å². The summed E-state index contributed by atoms with van der Waals surface area (Å²) in [5, 5.41) is 1.23. The first-order valence-electron chi connectivity index (χ1n) is 5.50. The molecule has 0 radical (unpaired) electrons. The van der Waals surface area contributed by atoms with Crippen molar-refractivity contribution in [2.45, 2.75) is 37.9 Å². The molecule has 2 nitrogen and oxygen atoms in total. The Bertz CT molecular complexity index is 493. The van der Waals surface area contributed by atoms with Gasteiger partial charge in [-0.1, -0.05) is 36.7 Å². The van der Waals surface area contributed by atoms with Gasteiger partial charge in [0.2, 0.25) is 0 Å². The van der Waals surface area contributed by atoms with Crippen LogP contribution < -0.4 is 0 Å². The first-order valence-corrected chi connectivity index (χ1v) is 7.24. The minimum absolute atomic E-state index is 0.407. The van der Waals surface area contributed by atoms with E-state index >= 15 is 0 Å². The van der Waals surface area contributed by atoms with Gasteiger partial charge in [0.1, 0.15) is 11.2 Å². The van der Waals surface area contributed by atoms with Gasteiger partial charge in [-0.15, -0.1) is 11.3 Å². The molecule has 0 spiro atoms. The van der Waals surface area contributed by atoms with E-state index in [0.717, 1.165) is 16.9 Å². The minimum atomic E-state index is 0.407. The Kier molecular flexibility index (Phi) is 3.60. The van der Waals surface area contributed by atoms with Crippen LogP contribution in [-0.4, -0.2) is 14.8 Å². The van der Waals surface area contributed by atoms with Crippen LogP contribution >= 0.6 is 27.3 Å². The van der Waals surface area contributed by atoms with Gasteiger partial charge in [-0.05, 0) is 12.5 Å². The number of halogens is 1. The third-order valence-corrected chi connectivity index (χ3v) is 4.86. The Morgan fingerprint density at radius 3 is 2.75 bits per heavy atom. The summed E-state index contributed by atoms with van der Waals surface area (Å²) in [6.45, 7) is 6.53. The summed E-state index contributed by atoms with van der Waals surface area (Å²) in [6, 6.07) is 2.24. The molecule has 2 unspecified atom stereocenters. The van der Waals surface area contributed by atoms with E-state index in [4.69, 9.17) is 0 Å². The number of alkyl halides is 1. The van der Waals surface area contributed by atoms with E-state index < -0.39 is 0 Å². The number of aryl methyl sites for hydroxylation is 1. The van der Waals surface area contributed by atoms with Crippen LogP contribution in [0.2, 0.25) is 0 Å². The zero-order chi connectivity index (χ0) is 11.7. The molecule has 0 aliphatic rings. The molecule has 0 aromatic carbocycles. The first kappa shape index (κ1) is 12.0. The highest BCUT2D eigenvalue weighted by Gasteiger charge is 2.17. The molecule has 0 aliphatic heterocycles. The lowest BCUT2D eigenvalue weighted by molar-refractivity contribution is 0.739. The molecule has 2 heterocycles. The van der Waals surface area contributed by atoms with E-state index in [1.165, 1.54) is 10.3 Å². The van der Waals surface area contributed by atoms with Crippen LogP contribution in [0.5, 0.6) is 0 Å². The maximum atomic E-state index is 4.44. The van der Waals surface area contributed by atoms with E-state index in [1.807, 2.05) is 0 Å². The number of rotatable bonds is 3. The van der Waals surface area contributed by atoms with Crippen LogP contribution in [0.1, 0.15) is 37.3 Å². The molecular formula is C12H15BrN2S. The van der Waals surface area contributed by atoms with Gasteiger partial charge in [-0.3, -0.25) is 0 Å². The SMILES string of the molecule is CCc1cc2c(C(C)C(C)Br)ncnc2s1. The fraction of sp³-hybridized carbons (Fsp3) is 0.500. The summed E-state index contributed by atoms with van der Waals surface area (Å²) in [7, 11) is 0. The minimum Gasteiger partial charge on any atom is -0.240 e. The highest BCUT2D eigenvalue weighted by Crippen LogP contribution is 2.32. The van der Waals surface area contributed by atoms with Crippen molar-refractivity contribution < 1.29 is 0 Å². The molecule has 0 amide bonds. The molecule has 0 fully saturated rings. The van der Waals surface area contributed by atoms with E-state index in [-0.39, 0.29) is 0 Å². The number of thiophene rings is 1. The molecule has 0 saturated carbocycles. The second-order valence-corrected chi connectivity index (χ2v) is 6.57. The third kappa shape index (κ3) is 2.13. The molecule has 0 N–H and O–H groups in total. The second kappa shape index (κ2) is 4.80. The molecule has 4 heteroatoms. The summed E-state index contributed by atoms with van der Waals surface area (Å²) in [5.74, 6) is 0.407. The monoisotopic (exact) mass is 298 g/mol. The van der Waals surface area contributed by atoms with Gasteiger partial charge in [0, 0.05) is 21.0 Å². The normalized spacial score (nSPS) is 15.2. The van der Waals surface area contributed by atoms with Gasteiger partial charge < -0.3 is 0 Å². The predicted octanol–water partition coefficient (Wildman–Crippen LogP) is 4.14. The lowest BCUT2D eigenvalue weighted by Gasteiger charge is -2.13. The van der Waals surface area contributed by atoms with Gasteiger partial charge in [-0.25, -0.2) is 9.97 Å². The average Bonchev–Trinajstić information content (AvgIpc) is 2.70. The first-order chi connectivity index (χ1) is 7.63. The summed E-state index contributed by atoms with van der Waals surface area (Å²) in [6.07, 6.45) is 2.75. The standard InChI is InChI=1S/C12H15BrN2S/c1-4-9-5-10-11(7(2)8(3)13)14-6-15-12(10)16-9/h5-8H,4H2,1-3H3. The topological polar surface area (TPSA) is 25.8 Å². The zero-order valence-corrected chi connectivity index (χ0v) is 12.1. The van der Waals surface area contributed by atoms with Crippen molar-refractivity contribution in [2.24, 2.45) is 0 Å². The van der Waals surface area contributed by atoms with Gasteiger partial charge >= 0.3 is 0 Å². The maximum Gasteiger partial charge on any atom is 0.127 e. The molecule has 2 atom stereocenters. The highest BCUT2D eigenvalue weighted by molar-refractivity contribution is 9.09. The molecular weight excluding hydrogens is 284 g/mol. The average molecular weight is 299 g/mol. The Balaban J connectivity index is 2.56. The second-order valence-electron chi connectivity index (χ2n) is 4.01. The molecule has 2 aromatic heterocycles. The van der Waals surface area contributed by atoms with Gasteiger partial charge in [-0.2, -0.15) is 0 Å². The maximum absolute atomic E-state index is 4.44. The summed E-state index contributed by atoms with van der Waals surface area (Å²) >= 11 is 5.40. The van der Waals surface area contributed by atoms with E-state index in [1.54, 1.807) is 17.7 Å². The van der Waals surface area contributed by atoms with Crippen molar-refractivity contribution in [1.29, 1.82) is 0 Å². The van der Waals surface area contributed by atoms with Crippen molar-refractivity contribution >= 4 is 37.5 Å². The lowest BCUT2D eigenvalue weighted by atomic mass is 10.0. The third-order valence-electron chi connectivity index (χ3n) is 2.88. The summed E-state index contributed by atoms with van der Waals surface area (Å²) < 4.78 is 0. The number of aromatic nitrogens is 2. The van der Waals surface area contributed by atoms with Crippen LogP contribution in [0.25, 0.3) is 10.2 Å². The van der Waals surface area contributed by atoms with Gasteiger partial charge in [0.15, 0.2) is 0 Å². The zero-order valence-electron chi connectivity index (χ0n) is 9.70. The van der Waals surface area contributed by atoms with Gasteiger partial charge in [0.25, 0.3) is 0 Å². The number of fused-ring (bicyclic) bond motifs is 1. The molecule has 0 bridgehead atoms. The Hall–Kier alpha value is -0.480. The number of nitrogens with zero attached hydrogens (tertiary/aromatic N) is 2. The molecule has 2 rings (SSSR count). The van der Waals surface area contributed by atoms with E-state index in [2.05, 4.69) is 52.7 Å². The lowest BCUT2D eigenvalue weighted by Crippen LogP contribution is -2.07. The highest BCUT2D eigenvalue weighted by atomic mass is 79.9. The van der Waals surface area contributed by atoms with Crippen molar-refractivity contribution in [3.63, 3.8) is 0 Å². The Labute approximate surface area is 108 Å². The number of hydrogen-bond donors (Lipinski definition) is 0. The largest absolute Gasteiger partial charge is 0.240 e. The van der Waals surface area contributed by atoms with Crippen molar-refractivity contribution in [2.75, 3.05) is 0 Å². The predicted molar refractivity (Wildman–Crippen MR) is 73.6 cm³/mol. The fourth-order valence-electron chi connectivity index (χ4n) is 1.68. The molecule has 0 aliphatic carbocycles. The molecule has 86 valence electrons. The van der Waals surface area contributed by atoms with Crippen molar-refractivity contribution in [3.8, 4) is 0 Å². The van der Waals surface area contributed by atoms with Crippen LogP contribution in [0, 0.1) is 0 Å². The van der Waals surface area contributed by atoms with Crippen LogP contribution in [0.4, 0.5) is 0 Å². The van der Waals surface area contributed by atoms with Crippen LogP contribution in [0.15, 0.2) is 12.4 Å². The smallest absolute Gasteiger partial charge is 0.127 e. The van der Waals surface area contributed by atoms with E-state index in [0.29, 0.717) is 10.7 Å². The van der Waals surface area contributed by atoms with Crippen molar-refractivity contribution in [3.05, 3.63) is 23.0 Å². The quantitative estimate of drug-likeness (QED) is 0.796. The van der Waals surface area contributed by atoms with Crippen molar-refractivity contribution in [1.82, 2.24) is 9.97 Å². The summed E-state index contributed by atoms with van der Waals surface area (Å²) in [5.41, 5.74) is 1.16. The molecule has 16 heavy (non-hydrogen) atoms. The van der Waals surface area contributed by atoms with E-state index in [9.17, 15) is 0 Å². The molecule has 2 aromatic rings. The fourth-order valence-corrected chi connectivity index (χ4v) is 2.87. The summed E-state index contributed by atoms with van der Waals surface area (Å²) in [4.78, 5) is 11.7. The Morgan fingerprint density at radius 2 is 2.12 bits per heavy atom. The van der Waals surface area contributed by atoms with Crippen LogP contribution in [-0.2, 0) is 6.42 Å². The number of hydrogen-bond acceptors (Lipinski definition) is 3. The van der Waals surface area contributed by atoms with Crippen LogP contribution in [0.3, 0.4) is 0 Å². The molecule has 0 saturated heterocycles.